The molecule has 160 valence electrons. The lowest BCUT2D eigenvalue weighted by molar-refractivity contribution is -0.125. The van der Waals surface area contributed by atoms with Crippen molar-refractivity contribution in [2.75, 3.05) is 5.32 Å². The van der Waals surface area contributed by atoms with E-state index in [0.717, 1.165) is 36.4 Å². The van der Waals surface area contributed by atoms with Crippen LogP contribution in [0.3, 0.4) is 0 Å². The lowest BCUT2D eigenvalue weighted by Crippen LogP contribution is -2.38. The van der Waals surface area contributed by atoms with E-state index in [2.05, 4.69) is 39.8 Å². The Morgan fingerprint density at radius 2 is 2.00 bits per heavy atom. The van der Waals surface area contributed by atoms with Gasteiger partial charge in [-0.1, -0.05) is 19.1 Å². The zero-order valence-electron chi connectivity index (χ0n) is 16.8. The van der Waals surface area contributed by atoms with Crippen molar-refractivity contribution in [3.8, 4) is 0 Å². The largest absolute Gasteiger partial charge is 0.353 e. The molecule has 0 aromatic carbocycles. The third-order valence-corrected chi connectivity index (χ3v) is 6.26. The molecule has 2 saturated carbocycles. The first kappa shape index (κ1) is 19.4. The number of carbonyl (C=O) groups excluding carboxylic acids is 2. The summed E-state index contributed by atoms with van der Waals surface area (Å²) in [7, 11) is 0. The van der Waals surface area contributed by atoms with Crippen molar-refractivity contribution < 1.29 is 18.4 Å². The summed E-state index contributed by atoms with van der Waals surface area (Å²) in [6.07, 6.45) is 8.46. The zero-order valence-corrected chi connectivity index (χ0v) is 16.8. The van der Waals surface area contributed by atoms with E-state index in [4.69, 9.17) is 0 Å². The number of nitrogens with one attached hydrogen (secondary N) is 2. The minimum Gasteiger partial charge on any atom is -0.353 e. The molecule has 9 heteroatoms. The van der Waals surface area contributed by atoms with Gasteiger partial charge in [-0.15, -0.1) is 5.10 Å². The fourth-order valence-corrected chi connectivity index (χ4v) is 4.21. The average Bonchev–Trinajstić information content (AvgIpc) is 3.60. The number of nitrogens with zero attached hydrogens (tertiary/aromatic N) is 3. The highest BCUT2D eigenvalue weighted by atomic mass is 19.3. The Balaban J connectivity index is 1.27. The summed E-state index contributed by atoms with van der Waals surface area (Å²) < 4.78 is 28.0. The molecular weight excluding hydrogens is 392 g/mol. The van der Waals surface area contributed by atoms with Crippen molar-refractivity contribution >= 4 is 23.5 Å². The SMILES string of the molecule is CC1C=C(C2=CC[C@@H](NC(=O)[C@@H]3CC3(F)F)CC2)n2nc(NC(=O)C3CC3)nc2C1. The summed E-state index contributed by atoms with van der Waals surface area (Å²) in [6.45, 7) is 2.11. The molecule has 7 nitrogen and oxygen atoms in total. The Morgan fingerprint density at radius 1 is 1.23 bits per heavy atom. The van der Waals surface area contributed by atoms with Gasteiger partial charge < -0.3 is 5.32 Å². The van der Waals surface area contributed by atoms with E-state index >= 15 is 0 Å². The van der Waals surface area contributed by atoms with E-state index in [0.29, 0.717) is 31.1 Å². The molecule has 0 saturated heterocycles. The number of amides is 2. The first-order valence-corrected chi connectivity index (χ1v) is 10.7. The number of aromatic nitrogens is 3. The predicted octanol–water partition coefficient (Wildman–Crippen LogP) is 2.91. The molecule has 30 heavy (non-hydrogen) atoms. The number of anilines is 1. The highest BCUT2D eigenvalue weighted by molar-refractivity contribution is 5.92. The summed E-state index contributed by atoms with van der Waals surface area (Å²) in [6, 6.07) is -0.122. The van der Waals surface area contributed by atoms with E-state index in [1.54, 1.807) is 4.68 Å². The Labute approximate surface area is 173 Å². The number of allylic oxidation sites excluding steroid dienone is 3. The van der Waals surface area contributed by atoms with Crippen LogP contribution >= 0.6 is 0 Å². The highest BCUT2D eigenvalue weighted by Gasteiger charge is 2.61. The van der Waals surface area contributed by atoms with Gasteiger partial charge >= 0.3 is 0 Å². The van der Waals surface area contributed by atoms with E-state index in [-0.39, 0.29) is 24.3 Å². The molecule has 2 amide bonds. The van der Waals surface area contributed by atoms with Gasteiger partial charge in [-0.3, -0.25) is 14.9 Å². The van der Waals surface area contributed by atoms with Gasteiger partial charge in [-0.25, -0.2) is 13.5 Å². The van der Waals surface area contributed by atoms with Crippen LogP contribution in [-0.2, 0) is 16.0 Å². The number of hydrogen-bond donors (Lipinski definition) is 2. The number of alkyl halides is 2. The summed E-state index contributed by atoms with van der Waals surface area (Å²) in [5.41, 5.74) is 2.07. The van der Waals surface area contributed by atoms with Gasteiger partial charge in [0, 0.05) is 24.8 Å². The molecule has 0 radical (unpaired) electrons. The maximum absolute atomic E-state index is 13.1. The predicted molar refractivity (Wildman–Crippen MR) is 105 cm³/mol. The molecule has 4 aliphatic rings. The molecule has 1 unspecified atom stereocenters. The van der Waals surface area contributed by atoms with Crippen LogP contribution in [0, 0.1) is 17.8 Å². The normalized spacial score (nSPS) is 29.4. The summed E-state index contributed by atoms with van der Waals surface area (Å²) >= 11 is 0. The van der Waals surface area contributed by atoms with Crippen molar-refractivity contribution in [1.29, 1.82) is 0 Å². The van der Waals surface area contributed by atoms with Gasteiger partial charge in [0.05, 0.1) is 5.70 Å². The van der Waals surface area contributed by atoms with Crippen LogP contribution in [0.25, 0.3) is 5.70 Å². The van der Waals surface area contributed by atoms with Crippen molar-refractivity contribution in [3.05, 3.63) is 23.5 Å². The van der Waals surface area contributed by atoms with Gasteiger partial charge in [-0.2, -0.15) is 4.98 Å². The third-order valence-electron chi connectivity index (χ3n) is 6.26. The molecular formula is C21H25F2N5O2. The first-order chi connectivity index (χ1) is 14.3. The topological polar surface area (TPSA) is 88.9 Å². The summed E-state index contributed by atoms with van der Waals surface area (Å²) in [5, 5.41) is 10.1. The molecule has 3 atom stereocenters. The second-order valence-electron chi connectivity index (χ2n) is 8.99. The van der Waals surface area contributed by atoms with Crippen molar-refractivity contribution in [2.24, 2.45) is 17.8 Å². The van der Waals surface area contributed by atoms with Gasteiger partial charge in [0.2, 0.25) is 17.8 Å². The molecule has 1 aliphatic heterocycles. The van der Waals surface area contributed by atoms with Crippen LogP contribution < -0.4 is 10.6 Å². The molecule has 1 aromatic heterocycles. The van der Waals surface area contributed by atoms with Crippen molar-refractivity contribution in [2.45, 2.75) is 63.8 Å². The second-order valence-corrected chi connectivity index (χ2v) is 8.99. The Kier molecular flexibility index (Phi) is 4.52. The third kappa shape index (κ3) is 3.77. The van der Waals surface area contributed by atoms with Gasteiger partial charge in [0.1, 0.15) is 11.7 Å². The smallest absolute Gasteiger partial charge is 0.260 e. The number of hydrogen-bond acceptors (Lipinski definition) is 4. The van der Waals surface area contributed by atoms with Gasteiger partial charge in [0.25, 0.3) is 5.92 Å². The lowest BCUT2D eigenvalue weighted by atomic mass is 9.90. The Hall–Kier alpha value is -2.58. The first-order valence-electron chi connectivity index (χ1n) is 10.7. The molecule has 2 N–H and O–H groups in total. The molecule has 1 aromatic rings. The molecule has 0 spiro atoms. The van der Waals surface area contributed by atoms with Gasteiger partial charge in [-0.05, 0) is 43.6 Å². The standard InChI is InChI=1S/C21H25F2N5O2/c1-11-8-16(28-17(9-11)25-20(27-28)26-18(29)13-2-3-13)12-4-6-14(7-5-12)24-19(30)15-10-21(15,22)23/h4,8,11,13-15H,2-3,5-7,9-10H2,1H3,(H,24,30)(H,26,27,29)/t11?,14-,15+/m1/s1. The average molecular weight is 417 g/mol. The van der Waals surface area contributed by atoms with E-state index < -0.39 is 17.7 Å². The fourth-order valence-electron chi connectivity index (χ4n) is 4.21. The van der Waals surface area contributed by atoms with Crippen LogP contribution in [0.15, 0.2) is 17.7 Å². The lowest BCUT2D eigenvalue weighted by Gasteiger charge is -2.27. The van der Waals surface area contributed by atoms with Gasteiger partial charge in [0.15, 0.2) is 0 Å². The number of rotatable bonds is 5. The number of carbonyl (C=O) groups is 2. The zero-order chi connectivity index (χ0) is 21.0. The second kappa shape index (κ2) is 6.99. The quantitative estimate of drug-likeness (QED) is 0.771. The minimum absolute atomic E-state index is 0.0202. The maximum atomic E-state index is 13.1. The van der Waals surface area contributed by atoms with Crippen molar-refractivity contribution in [1.82, 2.24) is 20.1 Å². The number of fused-ring (bicyclic) bond motifs is 1. The number of halogens is 2. The maximum Gasteiger partial charge on any atom is 0.260 e. The summed E-state index contributed by atoms with van der Waals surface area (Å²) in [5.74, 6) is -3.02. The molecule has 3 aliphatic carbocycles. The monoisotopic (exact) mass is 417 g/mol. The van der Waals surface area contributed by atoms with Crippen LogP contribution in [0.4, 0.5) is 14.7 Å². The van der Waals surface area contributed by atoms with Crippen LogP contribution in [0.5, 0.6) is 0 Å². The Morgan fingerprint density at radius 3 is 2.63 bits per heavy atom. The fraction of sp³-hybridized carbons (Fsp3) is 0.619. The van der Waals surface area contributed by atoms with Crippen LogP contribution in [0.2, 0.25) is 0 Å². The van der Waals surface area contributed by atoms with E-state index in [1.807, 2.05) is 0 Å². The molecule has 0 bridgehead atoms. The van der Waals surface area contributed by atoms with E-state index in [9.17, 15) is 18.4 Å². The molecule has 5 rings (SSSR count). The highest BCUT2D eigenvalue weighted by Crippen LogP contribution is 2.48. The van der Waals surface area contributed by atoms with E-state index in [1.165, 1.54) is 0 Å². The molecule has 2 fully saturated rings. The molecule has 2 heterocycles. The Bertz CT molecular complexity index is 963. The van der Waals surface area contributed by atoms with Crippen LogP contribution in [-0.4, -0.2) is 38.5 Å². The minimum atomic E-state index is -2.83. The van der Waals surface area contributed by atoms with Crippen molar-refractivity contribution in [3.63, 3.8) is 0 Å². The summed E-state index contributed by atoms with van der Waals surface area (Å²) in [4.78, 5) is 28.5. The van der Waals surface area contributed by atoms with Crippen LogP contribution in [0.1, 0.15) is 51.3 Å².